The number of hydrogen-bond donors (Lipinski definition) is 1. The maximum atomic E-state index is 3.65. The first-order chi connectivity index (χ1) is 6.69. The first kappa shape index (κ1) is 12.0. The number of rotatable bonds is 4. The molecule has 0 aromatic heterocycles. The summed E-state index contributed by atoms with van der Waals surface area (Å²) in [6.07, 6.45) is 5.61. The fourth-order valence-electron chi connectivity index (χ4n) is 3.15. The van der Waals surface area contributed by atoms with Crippen LogP contribution in [0.2, 0.25) is 0 Å². The van der Waals surface area contributed by atoms with Gasteiger partial charge >= 0.3 is 0 Å². The van der Waals surface area contributed by atoms with E-state index in [0.717, 1.165) is 30.3 Å². The largest absolute Gasteiger partial charge is 0.314 e. The van der Waals surface area contributed by atoms with Gasteiger partial charge in [-0.2, -0.15) is 0 Å². The van der Waals surface area contributed by atoms with Gasteiger partial charge in [-0.05, 0) is 43.6 Å². The highest BCUT2D eigenvalue weighted by Gasteiger charge is 2.30. The Morgan fingerprint density at radius 1 is 1.21 bits per heavy atom. The summed E-state index contributed by atoms with van der Waals surface area (Å²) in [6, 6.07) is 0.766. The Bertz CT molecular complexity index is 155. The summed E-state index contributed by atoms with van der Waals surface area (Å²) in [5.41, 5.74) is 0. The molecule has 1 N–H and O–H groups in total. The van der Waals surface area contributed by atoms with Crippen molar-refractivity contribution in [2.45, 2.75) is 59.4 Å². The summed E-state index contributed by atoms with van der Waals surface area (Å²) in [5, 5.41) is 3.65. The fraction of sp³-hybridized carbons (Fsp3) is 1.00. The lowest BCUT2D eigenvalue weighted by Gasteiger charge is -2.38. The molecule has 1 saturated carbocycles. The van der Waals surface area contributed by atoms with Crippen molar-refractivity contribution in [3.8, 4) is 0 Å². The summed E-state index contributed by atoms with van der Waals surface area (Å²) < 4.78 is 0. The molecule has 4 atom stereocenters. The highest BCUT2D eigenvalue weighted by Crippen LogP contribution is 2.35. The Balaban J connectivity index is 2.48. The van der Waals surface area contributed by atoms with E-state index in [1.165, 1.54) is 25.7 Å². The molecule has 4 unspecified atom stereocenters. The lowest BCUT2D eigenvalue weighted by atomic mass is 9.72. The van der Waals surface area contributed by atoms with Crippen LogP contribution in [0.15, 0.2) is 0 Å². The zero-order valence-corrected chi connectivity index (χ0v) is 10.3. The molecule has 0 bridgehead atoms. The summed E-state index contributed by atoms with van der Waals surface area (Å²) in [4.78, 5) is 0. The van der Waals surface area contributed by atoms with Crippen LogP contribution >= 0.6 is 0 Å². The van der Waals surface area contributed by atoms with Crippen LogP contribution in [0.25, 0.3) is 0 Å². The van der Waals surface area contributed by atoms with Gasteiger partial charge in [0.1, 0.15) is 0 Å². The van der Waals surface area contributed by atoms with Crippen molar-refractivity contribution in [2.75, 3.05) is 6.54 Å². The first-order valence-corrected chi connectivity index (χ1v) is 6.42. The standard InChI is InChI=1S/C13H27N/c1-5-13(14-6-2)12-8-7-10(3)9-11(12)4/h10-14H,5-9H2,1-4H3. The lowest BCUT2D eigenvalue weighted by Crippen LogP contribution is -2.40. The van der Waals surface area contributed by atoms with Gasteiger partial charge in [0, 0.05) is 6.04 Å². The summed E-state index contributed by atoms with van der Waals surface area (Å²) in [7, 11) is 0. The summed E-state index contributed by atoms with van der Waals surface area (Å²) in [5.74, 6) is 2.80. The molecule has 1 fully saturated rings. The molecule has 1 nitrogen and oxygen atoms in total. The Morgan fingerprint density at radius 3 is 2.43 bits per heavy atom. The quantitative estimate of drug-likeness (QED) is 0.728. The fourth-order valence-corrected chi connectivity index (χ4v) is 3.15. The van der Waals surface area contributed by atoms with Crippen LogP contribution < -0.4 is 5.32 Å². The molecule has 1 rings (SSSR count). The van der Waals surface area contributed by atoms with Crippen molar-refractivity contribution in [1.82, 2.24) is 5.32 Å². The molecule has 0 heterocycles. The minimum absolute atomic E-state index is 0.766. The average molecular weight is 197 g/mol. The van der Waals surface area contributed by atoms with Gasteiger partial charge in [0.15, 0.2) is 0 Å². The molecular weight excluding hydrogens is 170 g/mol. The molecule has 0 aromatic rings. The molecule has 0 radical (unpaired) electrons. The van der Waals surface area contributed by atoms with Crippen molar-refractivity contribution >= 4 is 0 Å². The molecule has 14 heavy (non-hydrogen) atoms. The van der Waals surface area contributed by atoms with E-state index in [9.17, 15) is 0 Å². The van der Waals surface area contributed by atoms with Gasteiger partial charge in [0.2, 0.25) is 0 Å². The van der Waals surface area contributed by atoms with Gasteiger partial charge < -0.3 is 5.32 Å². The lowest BCUT2D eigenvalue weighted by molar-refractivity contribution is 0.157. The van der Waals surface area contributed by atoms with E-state index >= 15 is 0 Å². The summed E-state index contributed by atoms with van der Waals surface area (Å²) >= 11 is 0. The third kappa shape index (κ3) is 2.98. The van der Waals surface area contributed by atoms with E-state index in [0.29, 0.717) is 0 Å². The Kier molecular flexibility index (Phi) is 4.94. The van der Waals surface area contributed by atoms with Gasteiger partial charge in [-0.25, -0.2) is 0 Å². The van der Waals surface area contributed by atoms with Gasteiger partial charge in [0.25, 0.3) is 0 Å². The molecule has 0 aromatic carbocycles. The Hall–Kier alpha value is -0.0400. The smallest absolute Gasteiger partial charge is 0.00951 e. The van der Waals surface area contributed by atoms with Gasteiger partial charge in [0.05, 0.1) is 0 Å². The van der Waals surface area contributed by atoms with Crippen LogP contribution in [-0.4, -0.2) is 12.6 Å². The van der Waals surface area contributed by atoms with Crippen LogP contribution in [-0.2, 0) is 0 Å². The van der Waals surface area contributed by atoms with E-state index in [1.54, 1.807) is 0 Å². The molecule has 1 heteroatoms. The van der Waals surface area contributed by atoms with Crippen LogP contribution in [0.5, 0.6) is 0 Å². The summed E-state index contributed by atoms with van der Waals surface area (Å²) in [6.45, 7) is 10.5. The van der Waals surface area contributed by atoms with Crippen molar-refractivity contribution in [3.63, 3.8) is 0 Å². The Morgan fingerprint density at radius 2 is 1.93 bits per heavy atom. The second-order valence-electron chi connectivity index (χ2n) is 5.13. The SMILES string of the molecule is CCNC(CC)C1CCC(C)CC1C. The van der Waals surface area contributed by atoms with E-state index in [4.69, 9.17) is 0 Å². The van der Waals surface area contributed by atoms with Crippen LogP contribution in [0.3, 0.4) is 0 Å². The molecule has 1 aliphatic rings. The molecule has 84 valence electrons. The third-order valence-electron chi connectivity index (χ3n) is 3.92. The van der Waals surface area contributed by atoms with E-state index in [1.807, 2.05) is 0 Å². The maximum absolute atomic E-state index is 3.65. The molecule has 0 aliphatic heterocycles. The van der Waals surface area contributed by atoms with Crippen LogP contribution in [0.1, 0.15) is 53.4 Å². The molecule has 1 aliphatic carbocycles. The maximum Gasteiger partial charge on any atom is 0.00951 e. The average Bonchev–Trinajstić information content (AvgIpc) is 2.15. The minimum atomic E-state index is 0.766. The van der Waals surface area contributed by atoms with Crippen molar-refractivity contribution in [2.24, 2.45) is 17.8 Å². The molecule has 0 spiro atoms. The number of hydrogen-bond acceptors (Lipinski definition) is 1. The molecule has 0 amide bonds. The molecule has 0 saturated heterocycles. The predicted octanol–water partition coefficient (Wildman–Crippen LogP) is 3.45. The zero-order valence-electron chi connectivity index (χ0n) is 10.3. The third-order valence-corrected chi connectivity index (χ3v) is 3.92. The predicted molar refractivity (Wildman–Crippen MR) is 63.4 cm³/mol. The van der Waals surface area contributed by atoms with Gasteiger partial charge in [-0.15, -0.1) is 0 Å². The van der Waals surface area contributed by atoms with E-state index < -0.39 is 0 Å². The number of nitrogens with one attached hydrogen (secondary N) is 1. The Labute approximate surface area is 89.7 Å². The second-order valence-corrected chi connectivity index (χ2v) is 5.13. The van der Waals surface area contributed by atoms with Gasteiger partial charge in [-0.3, -0.25) is 0 Å². The minimum Gasteiger partial charge on any atom is -0.314 e. The van der Waals surface area contributed by atoms with Crippen LogP contribution in [0.4, 0.5) is 0 Å². The van der Waals surface area contributed by atoms with E-state index in [2.05, 4.69) is 33.0 Å². The van der Waals surface area contributed by atoms with Gasteiger partial charge in [-0.1, -0.05) is 34.1 Å². The molecular formula is C13H27N. The highest BCUT2D eigenvalue weighted by molar-refractivity contribution is 4.84. The second kappa shape index (κ2) is 5.75. The zero-order chi connectivity index (χ0) is 10.6. The topological polar surface area (TPSA) is 12.0 Å². The normalized spacial score (nSPS) is 35.6. The van der Waals surface area contributed by atoms with E-state index in [-0.39, 0.29) is 0 Å². The van der Waals surface area contributed by atoms with Crippen molar-refractivity contribution < 1.29 is 0 Å². The van der Waals surface area contributed by atoms with Crippen LogP contribution in [0, 0.1) is 17.8 Å². The monoisotopic (exact) mass is 197 g/mol. The first-order valence-electron chi connectivity index (χ1n) is 6.42. The van der Waals surface area contributed by atoms with Crippen molar-refractivity contribution in [1.29, 1.82) is 0 Å². The highest BCUT2D eigenvalue weighted by atomic mass is 14.9. The van der Waals surface area contributed by atoms with Crippen molar-refractivity contribution in [3.05, 3.63) is 0 Å².